The number of unbranched alkanes of at least 4 members (excludes halogenated alkanes) is 1. The van der Waals surface area contributed by atoms with Crippen molar-refractivity contribution in [2.24, 2.45) is 23.7 Å². The first-order chi connectivity index (χ1) is 13.2. The summed E-state index contributed by atoms with van der Waals surface area (Å²) < 4.78 is 13.0. The summed E-state index contributed by atoms with van der Waals surface area (Å²) in [5.41, 5.74) is 1.29. The minimum atomic E-state index is -0.125. The van der Waals surface area contributed by atoms with Crippen molar-refractivity contribution in [1.29, 1.82) is 0 Å². The molecule has 2 aliphatic rings. The maximum absolute atomic E-state index is 13.0. The molecule has 0 nitrogen and oxygen atoms in total. The lowest BCUT2D eigenvalue weighted by molar-refractivity contribution is 0.283. The maximum atomic E-state index is 13.0. The van der Waals surface area contributed by atoms with E-state index < -0.39 is 0 Å². The highest BCUT2D eigenvalue weighted by molar-refractivity contribution is 5.16. The molecule has 27 heavy (non-hydrogen) atoms. The van der Waals surface area contributed by atoms with Crippen molar-refractivity contribution in [2.75, 3.05) is 0 Å². The van der Waals surface area contributed by atoms with E-state index in [2.05, 4.69) is 19.1 Å². The average Bonchev–Trinajstić information content (AvgIpc) is 2.72. The molecular weight excluding hydrogens is 331 g/mol. The van der Waals surface area contributed by atoms with Crippen LogP contribution >= 0.6 is 0 Å². The summed E-state index contributed by atoms with van der Waals surface area (Å²) in [5.74, 6) is 3.45. The Hall–Kier alpha value is -1.11. The van der Waals surface area contributed by atoms with E-state index in [0.717, 1.165) is 30.1 Å². The third-order valence-electron chi connectivity index (χ3n) is 7.16. The third-order valence-corrected chi connectivity index (χ3v) is 7.16. The summed E-state index contributed by atoms with van der Waals surface area (Å²) in [4.78, 5) is 0. The SMILES string of the molecule is CCCC[C@H]1CC[C@H](/C=C/[C@H]2CC[C@H](CCc3ccc(F)cc3)CC2)CC1. The van der Waals surface area contributed by atoms with Gasteiger partial charge in [0.1, 0.15) is 5.82 Å². The Morgan fingerprint density at radius 1 is 0.778 bits per heavy atom. The van der Waals surface area contributed by atoms with Crippen LogP contribution in [0.15, 0.2) is 36.4 Å². The molecule has 0 N–H and O–H groups in total. The molecule has 150 valence electrons. The molecular formula is C26H39F. The number of benzene rings is 1. The van der Waals surface area contributed by atoms with E-state index in [1.54, 1.807) is 12.1 Å². The normalized spacial score (nSPS) is 29.3. The van der Waals surface area contributed by atoms with Crippen molar-refractivity contribution in [1.82, 2.24) is 0 Å². The molecule has 0 aromatic heterocycles. The van der Waals surface area contributed by atoms with Crippen LogP contribution in [0.2, 0.25) is 0 Å². The summed E-state index contributed by atoms with van der Waals surface area (Å²) in [5, 5.41) is 0. The predicted octanol–water partition coefficient (Wildman–Crippen LogP) is 8.12. The Kier molecular flexibility index (Phi) is 8.42. The first kappa shape index (κ1) is 20.6. The fourth-order valence-corrected chi connectivity index (χ4v) is 5.17. The van der Waals surface area contributed by atoms with Gasteiger partial charge in [-0.1, -0.05) is 50.5 Å². The lowest BCUT2D eigenvalue weighted by atomic mass is 9.77. The highest BCUT2D eigenvalue weighted by atomic mass is 19.1. The van der Waals surface area contributed by atoms with Crippen LogP contribution in [-0.4, -0.2) is 0 Å². The van der Waals surface area contributed by atoms with Crippen molar-refractivity contribution in [3.05, 3.63) is 47.8 Å². The fraction of sp³-hybridized carbons (Fsp3) is 0.692. The van der Waals surface area contributed by atoms with E-state index in [1.807, 2.05) is 12.1 Å². The first-order valence-electron chi connectivity index (χ1n) is 11.7. The Labute approximate surface area is 166 Å². The van der Waals surface area contributed by atoms with Crippen LogP contribution in [0.3, 0.4) is 0 Å². The van der Waals surface area contributed by atoms with Gasteiger partial charge >= 0.3 is 0 Å². The minimum Gasteiger partial charge on any atom is -0.207 e. The lowest BCUT2D eigenvalue weighted by Gasteiger charge is -2.29. The maximum Gasteiger partial charge on any atom is 0.123 e. The average molecular weight is 371 g/mol. The van der Waals surface area contributed by atoms with E-state index in [0.29, 0.717) is 0 Å². The van der Waals surface area contributed by atoms with Gasteiger partial charge in [-0.3, -0.25) is 0 Å². The molecule has 0 aliphatic heterocycles. The number of allylic oxidation sites excluding steroid dienone is 2. The van der Waals surface area contributed by atoms with Gasteiger partial charge in [0.05, 0.1) is 0 Å². The molecule has 2 aliphatic carbocycles. The molecule has 0 atom stereocenters. The van der Waals surface area contributed by atoms with Gasteiger partial charge in [-0.05, 0) is 106 Å². The van der Waals surface area contributed by atoms with Gasteiger partial charge in [-0.2, -0.15) is 0 Å². The van der Waals surface area contributed by atoms with Crippen LogP contribution in [-0.2, 0) is 6.42 Å². The number of hydrogen-bond acceptors (Lipinski definition) is 0. The molecule has 1 aromatic carbocycles. The third kappa shape index (κ3) is 7.09. The highest BCUT2D eigenvalue weighted by Crippen LogP contribution is 2.35. The van der Waals surface area contributed by atoms with E-state index in [4.69, 9.17) is 0 Å². The molecule has 0 spiro atoms. The molecule has 0 heterocycles. The van der Waals surface area contributed by atoms with Gasteiger partial charge in [0.15, 0.2) is 0 Å². The molecule has 2 saturated carbocycles. The van der Waals surface area contributed by atoms with Crippen molar-refractivity contribution >= 4 is 0 Å². The van der Waals surface area contributed by atoms with Crippen molar-refractivity contribution in [3.63, 3.8) is 0 Å². The second kappa shape index (κ2) is 11.0. The molecule has 0 unspecified atom stereocenters. The molecule has 0 amide bonds. The Morgan fingerprint density at radius 3 is 1.81 bits per heavy atom. The van der Waals surface area contributed by atoms with Crippen LogP contribution in [0, 0.1) is 29.5 Å². The summed E-state index contributed by atoms with van der Waals surface area (Å²) in [6, 6.07) is 7.07. The monoisotopic (exact) mass is 370 g/mol. The molecule has 0 bridgehead atoms. The molecule has 0 radical (unpaired) electrons. The summed E-state index contributed by atoms with van der Waals surface area (Å²) in [7, 11) is 0. The van der Waals surface area contributed by atoms with Crippen molar-refractivity contribution in [3.8, 4) is 0 Å². The molecule has 1 aromatic rings. The van der Waals surface area contributed by atoms with Crippen LogP contribution in [0.1, 0.15) is 89.5 Å². The number of halogens is 1. The Bertz CT molecular complexity index is 542. The van der Waals surface area contributed by atoms with E-state index in [9.17, 15) is 4.39 Å². The van der Waals surface area contributed by atoms with Gasteiger partial charge in [0.25, 0.3) is 0 Å². The van der Waals surface area contributed by atoms with Gasteiger partial charge in [-0.15, -0.1) is 0 Å². The van der Waals surface area contributed by atoms with E-state index in [1.165, 1.54) is 82.6 Å². The fourth-order valence-electron chi connectivity index (χ4n) is 5.17. The topological polar surface area (TPSA) is 0 Å². The zero-order chi connectivity index (χ0) is 18.9. The highest BCUT2D eigenvalue weighted by Gasteiger charge is 2.21. The van der Waals surface area contributed by atoms with Crippen LogP contribution in [0.5, 0.6) is 0 Å². The van der Waals surface area contributed by atoms with Gasteiger partial charge in [0.2, 0.25) is 0 Å². The summed E-state index contributed by atoms with van der Waals surface area (Å²) >= 11 is 0. The molecule has 1 heteroatoms. The summed E-state index contributed by atoms with van der Waals surface area (Å²) in [6.45, 7) is 2.31. The van der Waals surface area contributed by atoms with Gasteiger partial charge < -0.3 is 0 Å². The van der Waals surface area contributed by atoms with Crippen LogP contribution in [0.25, 0.3) is 0 Å². The van der Waals surface area contributed by atoms with Gasteiger partial charge in [0, 0.05) is 0 Å². The lowest BCUT2D eigenvalue weighted by Crippen LogP contribution is -2.15. The quantitative estimate of drug-likeness (QED) is 0.405. The van der Waals surface area contributed by atoms with Crippen molar-refractivity contribution < 1.29 is 4.39 Å². The minimum absolute atomic E-state index is 0.125. The van der Waals surface area contributed by atoms with Gasteiger partial charge in [-0.25, -0.2) is 4.39 Å². The zero-order valence-electron chi connectivity index (χ0n) is 17.3. The van der Waals surface area contributed by atoms with E-state index in [-0.39, 0.29) is 5.82 Å². The smallest absolute Gasteiger partial charge is 0.123 e. The number of aryl methyl sites for hydroxylation is 1. The van der Waals surface area contributed by atoms with Crippen LogP contribution in [0.4, 0.5) is 4.39 Å². The molecule has 3 rings (SSSR count). The van der Waals surface area contributed by atoms with E-state index >= 15 is 0 Å². The molecule has 2 fully saturated rings. The summed E-state index contributed by atoms with van der Waals surface area (Å²) in [6.07, 6.45) is 23.1. The second-order valence-corrected chi connectivity index (χ2v) is 9.25. The zero-order valence-corrected chi connectivity index (χ0v) is 17.3. The van der Waals surface area contributed by atoms with Crippen LogP contribution < -0.4 is 0 Å². The Balaban J connectivity index is 1.31. The predicted molar refractivity (Wildman–Crippen MR) is 114 cm³/mol. The Morgan fingerprint density at radius 2 is 1.30 bits per heavy atom. The number of hydrogen-bond donors (Lipinski definition) is 0. The first-order valence-corrected chi connectivity index (χ1v) is 11.7. The number of rotatable bonds is 8. The van der Waals surface area contributed by atoms with Crippen molar-refractivity contribution in [2.45, 2.75) is 90.4 Å². The molecule has 0 saturated heterocycles. The second-order valence-electron chi connectivity index (χ2n) is 9.25. The standard InChI is InChI=1S/C26H39F/c1-2-3-4-21-5-7-22(8-6-21)9-10-23-11-13-24(14-12-23)15-16-25-17-19-26(27)20-18-25/h9-10,17-24H,2-8,11-16H2,1H3/b10-9+/t21-,22-,23-,24-. The largest absolute Gasteiger partial charge is 0.207 e.